The van der Waals surface area contributed by atoms with E-state index >= 15 is 0 Å². The number of benzene rings is 1. The van der Waals surface area contributed by atoms with Crippen molar-refractivity contribution in [1.82, 2.24) is 5.32 Å². The Kier molecular flexibility index (Phi) is 4.11. The number of amides is 1. The van der Waals surface area contributed by atoms with Crippen LogP contribution < -0.4 is 10.1 Å². The van der Waals surface area contributed by atoms with Gasteiger partial charge in [-0.15, -0.1) is 11.3 Å². The minimum absolute atomic E-state index is 0.123. The van der Waals surface area contributed by atoms with Crippen LogP contribution in [0.2, 0.25) is 0 Å². The third kappa shape index (κ3) is 2.82. The zero-order chi connectivity index (χ0) is 15.5. The van der Waals surface area contributed by atoms with Crippen molar-refractivity contribution in [2.45, 2.75) is 13.5 Å². The maximum absolute atomic E-state index is 12.1. The molecule has 5 nitrogen and oxygen atoms in total. The Morgan fingerprint density at radius 2 is 2.18 bits per heavy atom. The lowest BCUT2D eigenvalue weighted by atomic mass is 10.1. The van der Waals surface area contributed by atoms with Crippen LogP contribution in [0.1, 0.15) is 22.2 Å². The number of thiophene rings is 1. The zero-order valence-electron chi connectivity index (χ0n) is 12.0. The molecule has 0 spiro atoms. The molecule has 3 rings (SSSR count). The molecule has 2 aromatic rings. The van der Waals surface area contributed by atoms with Crippen LogP contribution in [0.4, 0.5) is 0 Å². The van der Waals surface area contributed by atoms with Gasteiger partial charge in [-0.05, 0) is 25.1 Å². The molecule has 2 heterocycles. The molecule has 22 heavy (non-hydrogen) atoms. The van der Waals surface area contributed by atoms with Crippen LogP contribution in [0.5, 0.6) is 5.75 Å². The van der Waals surface area contributed by atoms with Gasteiger partial charge in [-0.1, -0.05) is 12.1 Å². The normalized spacial score (nSPS) is 11.9. The van der Waals surface area contributed by atoms with Gasteiger partial charge in [0.1, 0.15) is 18.9 Å². The summed E-state index contributed by atoms with van der Waals surface area (Å²) in [7, 11) is 0. The van der Waals surface area contributed by atoms with Crippen molar-refractivity contribution in [3.8, 4) is 16.2 Å². The maximum atomic E-state index is 12.1. The van der Waals surface area contributed by atoms with Crippen molar-refractivity contribution in [3.05, 3.63) is 40.8 Å². The molecule has 0 saturated carbocycles. The lowest BCUT2D eigenvalue weighted by Crippen LogP contribution is -2.30. The summed E-state index contributed by atoms with van der Waals surface area (Å²) < 4.78 is 10.5. The van der Waals surface area contributed by atoms with E-state index < -0.39 is 5.97 Å². The Morgan fingerprint density at radius 3 is 3.00 bits per heavy atom. The van der Waals surface area contributed by atoms with E-state index in [-0.39, 0.29) is 12.5 Å². The summed E-state index contributed by atoms with van der Waals surface area (Å²) in [6.07, 6.45) is 0. The highest BCUT2D eigenvalue weighted by Gasteiger charge is 2.22. The van der Waals surface area contributed by atoms with Gasteiger partial charge in [0.2, 0.25) is 0 Å². The maximum Gasteiger partial charge on any atom is 0.325 e. The molecular weight excluding hydrogens is 302 g/mol. The van der Waals surface area contributed by atoms with Crippen molar-refractivity contribution in [2.75, 3.05) is 13.2 Å². The molecule has 114 valence electrons. The van der Waals surface area contributed by atoms with Gasteiger partial charge in [0, 0.05) is 16.0 Å². The molecule has 0 radical (unpaired) electrons. The summed E-state index contributed by atoms with van der Waals surface area (Å²) in [6.45, 7) is 2.36. The summed E-state index contributed by atoms with van der Waals surface area (Å²) >= 11 is 1.41. The van der Waals surface area contributed by atoms with Gasteiger partial charge in [0.05, 0.1) is 11.5 Å². The molecule has 0 fully saturated rings. The van der Waals surface area contributed by atoms with Crippen LogP contribution in [0.25, 0.3) is 10.4 Å². The summed E-state index contributed by atoms with van der Waals surface area (Å²) in [4.78, 5) is 25.0. The fourth-order valence-corrected chi connectivity index (χ4v) is 3.38. The van der Waals surface area contributed by atoms with Crippen LogP contribution in [-0.4, -0.2) is 25.0 Å². The van der Waals surface area contributed by atoms with Gasteiger partial charge >= 0.3 is 5.97 Å². The number of ether oxygens (including phenoxy) is 2. The SMILES string of the molecule is CCOC(=O)CNC(=O)c1cc2c(s1)-c1ccccc1OC2. The van der Waals surface area contributed by atoms with Gasteiger partial charge < -0.3 is 14.8 Å². The average Bonchev–Trinajstić information content (AvgIpc) is 2.97. The number of para-hydroxylation sites is 1. The number of fused-ring (bicyclic) bond motifs is 3. The predicted molar refractivity (Wildman–Crippen MR) is 83.1 cm³/mol. The van der Waals surface area contributed by atoms with Crippen molar-refractivity contribution in [2.24, 2.45) is 0 Å². The molecule has 1 aromatic carbocycles. The van der Waals surface area contributed by atoms with E-state index in [9.17, 15) is 9.59 Å². The Bertz CT molecular complexity index is 723. The number of carbonyl (C=O) groups is 2. The van der Waals surface area contributed by atoms with Crippen LogP contribution in [0.15, 0.2) is 30.3 Å². The lowest BCUT2D eigenvalue weighted by Gasteiger charge is -2.16. The number of carbonyl (C=O) groups excluding carboxylic acids is 2. The van der Waals surface area contributed by atoms with E-state index in [2.05, 4.69) is 5.32 Å². The molecule has 1 amide bonds. The average molecular weight is 317 g/mol. The van der Waals surface area contributed by atoms with Crippen LogP contribution in [0, 0.1) is 0 Å². The smallest absolute Gasteiger partial charge is 0.325 e. The molecule has 0 saturated heterocycles. The van der Waals surface area contributed by atoms with Crippen LogP contribution >= 0.6 is 11.3 Å². The molecule has 0 atom stereocenters. The number of esters is 1. The van der Waals surface area contributed by atoms with E-state index in [4.69, 9.17) is 9.47 Å². The van der Waals surface area contributed by atoms with E-state index in [1.807, 2.05) is 30.3 Å². The zero-order valence-corrected chi connectivity index (χ0v) is 12.9. The van der Waals surface area contributed by atoms with Gasteiger partial charge in [-0.25, -0.2) is 0 Å². The molecule has 6 heteroatoms. The number of hydrogen-bond donors (Lipinski definition) is 1. The second kappa shape index (κ2) is 6.19. The molecule has 1 N–H and O–H groups in total. The number of rotatable bonds is 4. The topological polar surface area (TPSA) is 64.6 Å². The standard InChI is InChI=1S/C16H15NO4S/c1-2-20-14(18)8-17-16(19)13-7-10-9-21-12-6-4-3-5-11(12)15(10)22-13/h3-7H,2,8-9H2,1H3,(H,17,19). The monoisotopic (exact) mass is 317 g/mol. The largest absolute Gasteiger partial charge is 0.488 e. The molecule has 1 aliphatic rings. The number of nitrogens with one attached hydrogen (secondary N) is 1. The van der Waals surface area contributed by atoms with Gasteiger partial charge in [-0.2, -0.15) is 0 Å². The summed E-state index contributed by atoms with van der Waals surface area (Å²) in [5.74, 6) is 0.117. The molecular formula is C16H15NO4S. The first kappa shape index (κ1) is 14.6. The third-order valence-electron chi connectivity index (χ3n) is 3.25. The predicted octanol–water partition coefficient (Wildman–Crippen LogP) is 2.60. The van der Waals surface area contributed by atoms with E-state index in [1.54, 1.807) is 6.92 Å². The second-order valence-corrected chi connectivity index (χ2v) is 5.79. The van der Waals surface area contributed by atoms with E-state index in [0.717, 1.165) is 21.8 Å². The minimum atomic E-state index is -0.439. The Hall–Kier alpha value is -2.34. The van der Waals surface area contributed by atoms with Crippen molar-refractivity contribution >= 4 is 23.2 Å². The van der Waals surface area contributed by atoms with Crippen molar-refractivity contribution in [3.63, 3.8) is 0 Å². The first-order valence-electron chi connectivity index (χ1n) is 6.97. The highest BCUT2D eigenvalue weighted by atomic mass is 32.1. The van der Waals surface area contributed by atoms with Crippen molar-refractivity contribution < 1.29 is 19.1 Å². The minimum Gasteiger partial charge on any atom is -0.488 e. The highest BCUT2D eigenvalue weighted by molar-refractivity contribution is 7.17. The molecule has 0 bridgehead atoms. The third-order valence-corrected chi connectivity index (χ3v) is 4.46. The summed E-state index contributed by atoms with van der Waals surface area (Å²) in [5.41, 5.74) is 1.99. The Balaban J connectivity index is 1.77. The lowest BCUT2D eigenvalue weighted by molar-refractivity contribution is -0.141. The highest BCUT2D eigenvalue weighted by Crippen LogP contribution is 2.42. The summed E-state index contributed by atoms with van der Waals surface area (Å²) in [6, 6.07) is 9.57. The summed E-state index contributed by atoms with van der Waals surface area (Å²) in [5, 5.41) is 2.57. The van der Waals surface area contributed by atoms with Gasteiger partial charge in [0.15, 0.2) is 0 Å². The second-order valence-electron chi connectivity index (χ2n) is 4.74. The Labute approximate surface area is 131 Å². The quantitative estimate of drug-likeness (QED) is 0.880. The fourth-order valence-electron chi connectivity index (χ4n) is 2.26. The number of hydrogen-bond acceptors (Lipinski definition) is 5. The van der Waals surface area contributed by atoms with Crippen molar-refractivity contribution in [1.29, 1.82) is 0 Å². The molecule has 1 aromatic heterocycles. The van der Waals surface area contributed by atoms with Crippen LogP contribution in [-0.2, 0) is 16.1 Å². The molecule has 1 aliphatic heterocycles. The van der Waals surface area contributed by atoms with Gasteiger partial charge in [-0.3, -0.25) is 9.59 Å². The van der Waals surface area contributed by atoms with Crippen LogP contribution in [0.3, 0.4) is 0 Å². The van der Waals surface area contributed by atoms with E-state index in [1.165, 1.54) is 11.3 Å². The fraction of sp³-hybridized carbons (Fsp3) is 0.250. The first-order chi connectivity index (χ1) is 10.7. The first-order valence-corrected chi connectivity index (χ1v) is 7.79. The van der Waals surface area contributed by atoms with Gasteiger partial charge in [0.25, 0.3) is 5.91 Å². The van der Waals surface area contributed by atoms with E-state index in [0.29, 0.717) is 18.1 Å². The Morgan fingerprint density at radius 1 is 1.36 bits per heavy atom. The molecule has 0 aliphatic carbocycles. The molecule has 0 unspecified atom stereocenters.